The summed E-state index contributed by atoms with van der Waals surface area (Å²) in [7, 11) is 0. The molecule has 0 aliphatic carbocycles. The second kappa shape index (κ2) is 6.02. The van der Waals surface area contributed by atoms with Crippen molar-refractivity contribution in [3.8, 4) is 0 Å². The number of Topliss-reactive ketones (excluding diaryl/α,β-unsaturated/α-hetero) is 1. The largest absolute Gasteiger partial charge is 0.369 e. The topological polar surface area (TPSA) is 80.3 Å². The predicted molar refractivity (Wildman–Crippen MR) is 87.9 cm³/mol. The van der Waals surface area contributed by atoms with Gasteiger partial charge < -0.3 is 10.1 Å². The van der Waals surface area contributed by atoms with E-state index >= 15 is 0 Å². The van der Waals surface area contributed by atoms with Crippen molar-refractivity contribution < 1.29 is 9.53 Å². The molecule has 7 heteroatoms. The third kappa shape index (κ3) is 3.06. The van der Waals surface area contributed by atoms with Gasteiger partial charge in [-0.2, -0.15) is 0 Å². The third-order valence-electron chi connectivity index (χ3n) is 3.60. The van der Waals surface area contributed by atoms with E-state index in [1.165, 1.54) is 11.3 Å². The summed E-state index contributed by atoms with van der Waals surface area (Å²) in [5.74, 6) is 0.860. The maximum Gasteiger partial charge on any atom is 0.205 e. The van der Waals surface area contributed by atoms with Crippen LogP contribution >= 0.6 is 11.3 Å². The molecule has 1 aliphatic heterocycles. The van der Waals surface area contributed by atoms with Crippen LogP contribution in [0.2, 0.25) is 0 Å². The van der Waals surface area contributed by atoms with Crippen LogP contribution in [0.4, 0.5) is 5.82 Å². The van der Waals surface area contributed by atoms with Gasteiger partial charge in [-0.3, -0.25) is 4.79 Å². The quantitative estimate of drug-likeness (QED) is 0.553. The third-order valence-corrected chi connectivity index (χ3v) is 4.67. The number of hydrogen-bond acceptors (Lipinski definition) is 7. The Kier molecular flexibility index (Phi) is 3.72. The van der Waals surface area contributed by atoms with E-state index in [1.807, 2.05) is 24.3 Å². The van der Waals surface area contributed by atoms with Gasteiger partial charge in [-0.15, -0.1) is 11.3 Å². The first-order valence-electron chi connectivity index (χ1n) is 7.35. The zero-order chi connectivity index (χ0) is 15.6. The molecule has 1 aromatic carbocycles. The van der Waals surface area contributed by atoms with Gasteiger partial charge in [-0.05, 0) is 12.1 Å². The predicted octanol–water partition coefficient (Wildman–Crippen LogP) is 2.32. The van der Waals surface area contributed by atoms with Crippen molar-refractivity contribution in [3.63, 3.8) is 0 Å². The molecule has 0 spiro atoms. The summed E-state index contributed by atoms with van der Waals surface area (Å²) in [6, 6.07) is 7.88. The van der Waals surface area contributed by atoms with E-state index in [1.54, 1.807) is 12.5 Å². The molecule has 0 amide bonds. The lowest BCUT2D eigenvalue weighted by Crippen LogP contribution is -2.07. The Bertz CT molecular complexity index is 855. The number of fused-ring (bicyclic) bond motifs is 1. The smallest absolute Gasteiger partial charge is 0.205 e. The van der Waals surface area contributed by atoms with Crippen LogP contribution in [0.3, 0.4) is 0 Å². The molecule has 1 fully saturated rings. The van der Waals surface area contributed by atoms with E-state index in [9.17, 15) is 4.79 Å². The standard InChI is InChI=1S/C16H14N4O2S/c21-15(12-8-22-12)13-7-18-14(23-13)5-6-17-16-10-3-1-2-4-11(10)19-9-20-16/h1-4,7,9,12H,5-6,8H2,(H,17,19,20). The van der Waals surface area contributed by atoms with Crippen molar-refractivity contribution in [2.45, 2.75) is 12.5 Å². The van der Waals surface area contributed by atoms with Crippen LogP contribution in [0.1, 0.15) is 14.7 Å². The van der Waals surface area contributed by atoms with Crippen LogP contribution in [0.15, 0.2) is 36.8 Å². The number of hydrogen-bond donors (Lipinski definition) is 1. The minimum absolute atomic E-state index is 0.0449. The number of carbonyl (C=O) groups is 1. The number of nitrogens with zero attached hydrogens (tertiary/aromatic N) is 3. The van der Waals surface area contributed by atoms with Crippen molar-refractivity contribution in [1.82, 2.24) is 15.0 Å². The average Bonchev–Trinajstić information content (AvgIpc) is 3.33. The SMILES string of the molecule is O=C(c1cnc(CCNc2ncnc3ccccc23)s1)C1CO1. The number of anilines is 1. The maximum absolute atomic E-state index is 11.9. The number of carbonyl (C=O) groups excluding carboxylic acids is 1. The summed E-state index contributed by atoms with van der Waals surface area (Å²) >= 11 is 1.43. The Morgan fingerprint density at radius 3 is 3.04 bits per heavy atom. The lowest BCUT2D eigenvalue weighted by Gasteiger charge is -2.06. The Morgan fingerprint density at radius 1 is 1.30 bits per heavy atom. The first kappa shape index (κ1) is 14.2. The van der Waals surface area contributed by atoms with E-state index in [0.29, 0.717) is 18.0 Å². The Balaban J connectivity index is 1.40. The fourth-order valence-corrected chi connectivity index (χ4v) is 3.23. The summed E-state index contributed by atoms with van der Waals surface area (Å²) in [4.78, 5) is 25.4. The van der Waals surface area contributed by atoms with Crippen LogP contribution in [0.25, 0.3) is 10.9 Å². The molecule has 23 heavy (non-hydrogen) atoms. The molecule has 1 atom stereocenters. The highest BCUT2D eigenvalue weighted by Crippen LogP contribution is 2.22. The molecule has 6 nitrogen and oxygen atoms in total. The molecule has 116 valence electrons. The van der Waals surface area contributed by atoms with Crippen molar-refractivity contribution in [1.29, 1.82) is 0 Å². The fourth-order valence-electron chi connectivity index (χ4n) is 2.33. The van der Waals surface area contributed by atoms with E-state index < -0.39 is 0 Å². The second-order valence-corrected chi connectivity index (χ2v) is 6.34. The summed E-state index contributed by atoms with van der Waals surface area (Å²) in [5, 5.41) is 5.24. The molecule has 1 aliphatic rings. The molecule has 1 N–H and O–H groups in total. The number of nitrogens with one attached hydrogen (secondary N) is 1. The van der Waals surface area contributed by atoms with Crippen LogP contribution in [0.5, 0.6) is 0 Å². The lowest BCUT2D eigenvalue weighted by atomic mass is 10.2. The van der Waals surface area contributed by atoms with Gasteiger partial charge in [0.2, 0.25) is 5.78 Å². The number of epoxide rings is 1. The zero-order valence-corrected chi connectivity index (χ0v) is 13.0. The summed E-state index contributed by atoms with van der Waals surface area (Å²) in [5.41, 5.74) is 0.913. The normalized spacial score (nSPS) is 16.4. The summed E-state index contributed by atoms with van der Waals surface area (Å²) < 4.78 is 5.02. The van der Waals surface area contributed by atoms with E-state index in [2.05, 4.69) is 20.3 Å². The maximum atomic E-state index is 11.9. The molecule has 1 saturated heterocycles. The van der Waals surface area contributed by atoms with Crippen LogP contribution in [-0.2, 0) is 11.2 Å². The summed E-state index contributed by atoms with van der Waals surface area (Å²) in [6.45, 7) is 1.23. The number of benzene rings is 1. The molecule has 1 unspecified atom stereocenters. The van der Waals surface area contributed by atoms with Crippen molar-refractivity contribution in [2.24, 2.45) is 0 Å². The minimum Gasteiger partial charge on any atom is -0.369 e. The molecule has 2 aromatic heterocycles. The van der Waals surface area contributed by atoms with Gasteiger partial charge in [0.05, 0.1) is 22.0 Å². The number of aromatic nitrogens is 3. The van der Waals surface area contributed by atoms with Crippen molar-refractivity contribution >= 4 is 33.8 Å². The van der Waals surface area contributed by atoms with Crippen LogP contribution in [-0.4, -0.2) is 40.0 Å². The molecule has 3 aromatic rings. The molecule has 3 heterocycles. The Morgan fingerprint density at radius 2 is 2.17 bits per heavy atom. The first-order chi connectivity index (χ1) is 11.3. The van der Waals surface area contributed by atoms with Gasteiger partial charge in [-0.25, -0.2) is 15.0 Å². The van der Waals surface area contributed by atoms with E-state index in [-0.39, 0.29) is 11.9 Å². The average molecular weight is 326 g/mol. The van der Waals surface area contributed by atoms with Crippen LogP contribution in [0, 0.1) is 0 Å². The van der Waals surface area contributed by atoms with Gasteiger partial charge >= 0.3 is 0 Å². The Hall–Kier alpha value is -2.38. The highest BCUT2D eigenvalue weighted by molar-refractivity contribution is 7.13. The number of para-hydroxylation sites is 1. The van der Waals surface area contributed by atoms with E-state index in [4.69, 9.17) is 4.74 Å². The monoisotopic (exact) mass is 326 g/mol. The fraction of sp³-hybridized carbons (Fsp3) is 0.250. The molecule has 0 radical (unpaired) electrons. The van der Waals surface area contributed by atoms with Gasteiger partial charge in [0.15, 0.2) is 0 Å². The van der Waals surface area contributed by atoms with Crippen molar-refractivity contribution in [2.75, 3.05) is 18.5 Å². The highest BCUT2D eigenvalue weighted by Gasteiger charge is 2.33. The van der Waals surface area contributed by atoms with Gasteiger partial charge in [-0.1, -0.05) is 12.1 Å². The highest BCUT2D eigenvalue weighted by atomic mass is 32.1. The van der Waals surface area contributed by atoms with Crippen LogP contribution < -0.4 is 5.32 Å². The summed E-state index contributed by atoms with van der Waals surface area (Å²) in [6.07, 6.45) is 3.70. The minimum atomic E-state index is -0.242. The molecule has 4 rings (SSSR count). The number of ketones is 1. The lowest BCUT2D eigenvalue weighted by molar-refractivity contribution is 0.0957. The molecular formula is C16H14N4O2S. The first-order valence-corrected chi connectivity index (χ1v) is 8.17. The van der Waals surface area contributed by atoms with Gasteiger partial charge in [0.25, 0.3) is 0 Å². The molecular weight excluding hydrogens is 312 g/mol. The van der Waals surface area contributed by atoms with Gasteiger partial charge in [0.1, 0.15) is 18.2 Å². The number of rotatable bonds is 6. The second-order valence-electron chi connectivity index (χ2n) is 5.22. The van der Waals surface area contributed by atoms with Gasteiger partial charge in [0, 0.05) is 24.5 Å². The Labute approximate surface area is 136 Å². The number of ether oxygens (including phenoxy) is 1. The molecule has 0 saturated carbocycles. The zero-order valence-electron chi connectivity index (χ0n) is 12.2. The van der Waals surface area contributed by atoms with Crippen molar-refractivity contribution in [3.05, 3.63) is 46.7 Å². The van der Waals surface area contributed by atoms with E-state index in [0.717, 1.165) is 28.1 Å². The molecule has 0 bridgehead atoms. The number of thiazole rings is 1.